The summed E-state index contributed by atoms with van der Waals surface area (Å²) in [7, 11) is -2.23. The van der Waals surface area contributed by atoms with E-state index in [9.17, 15) is 8.78 Å². The van der Waals surface area contributed by atoms with E-state index < -0.39 is 24.7 Å². The van der Waals surface area contributed by atoms with Crippen LogP contribution in [0.25, 0.3) is 11.1 Å². The van der Waals surface area contributed by atoms with Gasteiger partial charge in [-0.15, -0.1) is 0 Å². The minimum Gasteiger partial charge on any atom is -0.509 e. The first-order valence-corrected chi connectivity index (χ1v) is 5.29. The first-order chi connectivity index (χ1) is 8.99. The molecule has 0 aliphatic rings. The van der Waals surface area contributed by atoms with Crippen LogP contribution in [-0.4, -0.2) is 22.5 Å². The quantitative estimate of drug-likeness (QED) is 0.739. The van der Waals surface area contributed by atoms with Crippen molar-refractivity contribution in [1.82, 2.24) is 0 Å². The summed E-state index contributed by atoms with van der Waals surface area (Å²) in [4.78, 5) is 0. The van der Waals surface area contributed by atoms with Crippen molar-refractivity contribution < 1.29 is 28.6 Å². The second kappa shape index (κ2) is 5.25. The fraction of sp³-hybridized carbons (Fsp3) is 0. The van der Waals surface area contributed by atoms with Gasteiger partial charge in [0, 0.05) is 5.56 Å². The van der Waals surface area contributed by atoms with Crippen LogP contribution in [0, 0.1) is 11.6 Å². The van der Waals surface area contributed by atoms with Gasteiger partial charge in [0.15, 0.2) is 11.6 Å². The minimum absolute atomic E-state index is 0.00739. The average molecular weight is 266 g/mol. The van der Waals surface area contributed by atoms with Crippen LogP contribution < -0.4 is 4.65 Å². The summed E-state index contributed by atoms with van der Waals surface area (Å²) in [6, 6.07) is 7.86. The molecule has 2 rings (SSSR count). The Balaban J connectivity index is 2.43. The number of phenols is 1. The van der Waals surface area contributed by atoms with E-state index in [2.05, 4.69) is 4.65 Å². The Hall–Kier alpha value is -2.12. The third-order valence-electron chi connectivity index (χ3n) is 2.46. The van der Waals surface area contributed by atoms with Crippen molar-refractivity contribution in [1.29, 1.82) is 0 Å². The molecule has 0 radical (unpaired) electrons. The molecule has 0 amide bonds. The molecule has 0 unspecified atom stereocenters. The molecule has 0 bridgehead atoms. The van der Waals surface area contributed by atoms with Crippen molar-refractivity contribution in [2.24, 2.45) is 0 Å². The van der Waals surface area contributed by atoms with Gasteiger partial charge in [-0.05, 0) is 29.8 Å². The fourth-order valence-corrected chi connectivity index (χ4v) is 1.60. The molecule has 2 aromatic carbocycles. The molecule has 0 heterocycles. The highest BCUT2D eigenvalue weighted by Gasteiger charge is 2.20. The van der Waals surface area contributed by atoms with E-state index in [-0.39, 0.29) is 11.3 Å². The summed E-state index contributed by atoms with van der Waals surface area (Å²) >= 11 is 0. The zero-order valence-electron chi connectivity index (χ0n) is 9.55. The number of halogens is 2. The molecule has 0 atom stereocenters. The van der Waals surface area contributed by atoms with E-state index in [1.807, 2.05) is 0 Å². The number of benzene rings is 2. The summed E-state index contributed by atoms with van der Waals surface area (Å²) < 4.78 is 31.7. The first kappa shape index (κ1) is 13.3. The van der Waals surface area contributed by atoms with E-state index in [1.54, 1.807) is 0 Å². The third kappa shape index (κ3) is 2.83. The molecule has 0 saturated carbocycles. The van der Waals surface area contributed by atoms with Gasteiger partial charge in [0.25, 0.3) is 0 Å². The second-order valence-corrected chi connectivity index (χ2v) is 3.73. The highest BCUT2D eigenvalue weighted by Crippen LogP contribution is 2.30. The van der Waals surface area contributed by atoms with Crippen LogP contribution in [0.3, 0.4) is 0 Å². The number of hydrogen-bond acceptors (Lipinski definition) is 4. The van der Waals surface area contributed by atoms with Crippen molar-refractivity contribution in [3.8, 4) is 22.6 Å². The lowest BCUT2D eigenvalue weighted by Crippen LogP contribution is -2.21. The highest BCUT2D eigenvalue weighted by atomic mass is 19.2. The van der Waals surface area contributed by atoms with E-state index >= 15 is 0 Å². The Bertz CT molecular complexity index is 587. The third-order valence-corrected chi connectivity index (χ3v) is 2.46. The summed E-state index contributed by atoms with van der Waals surface area (Å²) in [5, 5.41) is 26.2. The lowest BCUT2D eigenvalue weighted by molar-refractivity contribution is 0.279. The van der Waals surface area contributed by atoms with Gasteiger partial charge in [0.2, 0.25) is 0 Å². The maximum Gasteiger partial charge on any atom is 0.707 e. The molecule has 0 aromatic heterocycles. The van der Waals surface area contributed by atoms with Gasteiger partial charge in [-0.2, -0.15) is 4.39 Å². The van der Waals surface area contributed by atoms with Crippen LogP contribution in [0.1, 0.15) is 0 Å². The van der Waals surface area contributed by atoms with E-state index in [0.29, 0.717) is 5.56 Å². The SMILES string of the molecule is OB(O)Oc1ccc(-c2ccc(O)cc2)c(F)c1F. The first-order valence-electron chi connectivity index (χ1n) is 5.29. The molecular weight excluding hydrogens is 257 g/mol. The van der Waals surface area contributed by atoms with E-state index in [0.717, 1.165) is 6.07 Å². The Kier molecular flexibility index (Phi) is 3.68. The lowest BCUT2D eigenvalue weighted by Gasteiger charge is -2.10. The Morgan fingerprint density at radius 3 is 2.11 bits per heavy atom. The van der Waals surface area contributed by atoms with Gasteiger partial charge in [-0.1, -0.05) is 12.1 Å². The van der Waals surface area contributed by atoms with Crippen molar-refractivity contribution in [2.45, 2.75) is 0 Å². The predicted octanol–water partition coefficient (Wildman–Crippen LogP) is 1.69. The Labute approximate surface area is 107 Å². The molecule has 7 heteroatoms. The molecule has 98 valence electrons. The molecule has 19 heavy (non-hydrogen) atoms. The number of rotatable bonds is 3. The van der Waals surface area contributed by atoms with Crippen molar-refractivity contribution in [2.75, 3.05) is 0 Å². The summed E-state index contributed by atoms with van der Waals surface area (Å²) in [6.45, 7) is 0. The Morgan fingerprint density at radius 2 is 1.53 bits per heavy atom. The fourth-order valence-electron chi connectivity index (χ4n) is 1.60. The normalized spacial score (nSPS) is 10.3. The summed E-state index contributed by atoms with van der Waals surface area (Å²) in [5.41, 5.74) is 0.336. The zero-order chi connectivity index (χ0) is 14.0. The molecule has 0 spiro atoms. The molecule has 4 nitrogen and oxygen atoms in total. The van der Waals surface area contributed by atoms with Crippen LogP contribution in [0.2, 0.25) is 0 Å². The maximum absolute atomic E-state index is 13.8. The van der Waals surface area contributed by atoms with Gasteiger partial charge in [-0.3, -0.25) is 0 Å². The van der Waals surface area contributed by atoms with Gasteiger partial charge in [-0.25, -0.2) is 4.39 Å². The molecule has 0 aliphatic carbocycles. The van der Waals surface area contributed by atoms with Crippen LogP contribution in [0.5, 0.6) is 11.5 Å². The molecule has 0 fully saturated rings. The molecule has 2 aromatic rings. The standard InChI is InChI=1S/C12H9BF2O4/c14-11-9(7-1-3-8(16)4-2-7)5-6-10(12(11)15)19-13(17)18/h1-6,16-18H. The largest absolute Gasteiger partial charge is 0.707 e. The molecular formula is C12H9BF2O4. The monoisotopic (exact) mass is 266 g/mol. The topological polar surface area (TPSA) is 69.9 Å². The number of aromatic hydroxyl groups is 1. The van der Waals surface area contributed by atoms with Crippen LogP contribution in [-0.2, 0) is 0 Å². The second-order valence-electron chi connectivity index (χ2n) is 3.73. The van der Waals surface area contributed by atoms with Gasteiger partial charge in [0.1, 0.15) is 11.5 Å². The minimum atomic E-state index is -2.23. The molecule has 3 N–H and O–H groups in total. The van der Waals surface area contributed by atoms with Crippen LogP contribution in [0.4, 0.5) is 8.78 Å². The Morgan fingerprint density at radius 1 is 0.895 bits per heavy atom. The summed E-state index contributed by atoms with van der Waals surface area (Å²) in [5.74, 6) is -3.09. The van der Waals surface area contributed by atoms with Crippen molar-refractivity contribution in [3.63, 3.8) is 0 Å². The highest BCUT2D eigenvalue weighted by molar-refractivity contribution is 6.33. The molecule has 0 saturated heterocycles. The van der Waals surface area contributed by atoms with Crippen molar-refractivity contribution in [3.05, 3.63) is 48.0 Å². The maximum atomic E-state index is 13.8. The lowest BCUT2D eigenvalue weighted by atomic mass is 10.0. The van der Waals surface area contributed by atoms with Gasteiger partial charge >= 0.3 is 7.32 Å². The van der Waals surface area contributed by atoms with E-state index in [4.69, 9.17) is 15.2 Å². The number of hydrogen-bond donors (Lipinski definition) is 3. The predicted molar refractivity (Wildman–Crippen MR) is 64.3 cm³/mol. The van der Waals surface area contributed by atoms with Crippen LogP contribution in [0.15, 0.2) is 36.4 Å². The van der Waals surface area contributed by atoms with Gasteiger partial charge in [0.05, 0.1) is 0 Å². The van der Waals surface area contributed by atoms with Crippen LogP contribution >= 0.6 is 0 Å². The summed E-state index contributed by atoms with van der Waals surface area (Å²) in [6.07, 6.45) is 0. The smallest absolute Gasteiger partial charge is 0.509 e. The average Bonchev–Trinajstić information content (AvgIpc) is 2.36. The van der Waals surface area contributed by atoms with Gasteiger partial charge < -0.3 is 19.8 Å². The van der Waals surface area contributed by atoms with E-state index in [1.165, 1.54) is 30.3 Å². The molecule has 0 aliphatic heterocycles. The zero-order valence-corrected chi connectivity index (χ0v) is 9.55. The van der Waals surface area contributed by atoms with Crippen molar-refractivity contribution >= 4 is 7.32 Å². The number of phenolic OH excluding ortho intramolecular Hbond substituents is 1.